The number of phenols is 1. The Balaban J connectivity index is 3.33. The third-order valence-corrected chi connectivity index (χ3v) is 1.39. The first-order valence-electron chi connectivity index (χ1n) is 3.20. The Morgan fingerprint density at radius 1 is 1.58 bits per heavy atom. The van der Waals surface area contributed by atoms with Gasteiger partial charge in [-0.2, -0.15) is 0 Å². The highest BCUT2D eigenvalue weighted by molar-refractivity contribution is 5.80. The van der Waals surface area contributed by atoms with Crippen LogP contribution in [0.25, 0.3) is 0 Å². The standard InChI is InChI=1S/C8H7FO3/c1-12-8-5(4-10)2-6(11)3-7(8)9/h2-4,11H,1H3. The van der Waals surface area contributed by atoms with E-state index in [-0.39, 0.29) is 17.1 Å². The van der Waals surface area contributed by atoms with Gasteiger partial charge in [-0.25, -0.2) is 4.39 Å². The van der Waals surface area contributed by atoms with Crippen LogP contribution in [0.3, 0.4) is 0 Å². The Labute approximate surface area is 68.4 Å². The molecule has 3 nitrogen and oxygen atoms in total. The molecule has 12 heavy (non-hydrogen) atoms. The van der Waals surface area contributed by atoms with Gasteiger partial charge in [-0.15, -0.1) is 0 Å². The van der Waals surface area contributed by atoms with Crippen LogP contribution in [0.2, 0.25) is 0 Å². The molecule has 0 unspecified atom stereocenters. The fraction of sp³-hybridized carbons (Fsp3) is 0.125. The largest absolute Gasteiger partial charge is 0.508 e. The van der Waals surface area contributed by atoms with Crippen LogP contribution in [0, 0.1) is 5.82 Å². The van der Waals surface area contributed by atoms with E-state index in [1.165, 1.54) is 7.11 Å². The molecule has 1 aromatic rings. The molecule has 0 amide bonds. The van der Waals surface area contributed by atoms with Crippen molar-refractivity contribution < 1.29 is 19.0 Å². The van der Waals surface area contributed by atoms with Crippen LogP contribution in [0.15, 0.2) is 12.1 Å². The first-order valence-corrected chi connectivity index (χ1v) is 3.20. The zero-order chi connectivity index (χ0) is 9.14. The molecule has 0 aliphatic carbocycles. The van der Waals surface area contributed by atoms with Crippen molar-refractivity contribution in [3.05, 3.63) is 23.5 Å². The molecule has 64 valence electrons. The predicted octanol–water partition coefficient (Wildman–Crippen LogP) is 1.35. The molecule has 0 spiro atoms. The van der Waals surface area contributed by atoms with E-state index in [4.69, 9.17) is 5.11 Å². The Morgan fingerprint density at radius 2 is 2.25 bits per heavy atom. The van der Waals surface area contributed by atoms with Crippen LogP contribution in [-0.2, 0) is 0 Å². The number of carbonyl (C=O) groups is 1. The topological polar surface area (TPSA) is 46.5 Å². The molecule has 0 saturated carbocycles. The number of hydrogen-bond donors (Lipinski definition) is 1. The van der Waals surface area contributed by atoms with Crippen LogP contribution < -0.4 is 4.74 Å². The van der Waals surface area contributed by atoms with Crippen LogP contribution >= 0.6 is 0 Å². The summed E-state index contributed by atoms with van der Waals surface area (Å²) in [6, 6.07) is 2.01. The molecule has 1 aromatic carbocycles. The minimum Gasteiger partial charge on any atom is -0.508 e. The summed E-state index contributed by atoms with van der Waals surface area (Å²) in [5, 5.41) is 8.89. The van der Waals surface area contributed by atoms with E-state index in [1.54, 1.807) is 0 Å². The van der Waals surface area contributed by atoms with Gasteiger partial charge in [0.15, 0.2) is 17.9 Å². The van der Waals surface area contributed by atoms with Gasteiger partial charge in [-0.05, 0) is 6.07 Å². The Morgan fingerprint density at radius 3 is 2.75 bits per heavy atom. The second-order valence-corrected chi connectivity index (χ2v) is 2.17. The van der Waals surface area contributed by atoms with Gasteiger partial charge in [-0.1, -0.05) is 0 Å². The van der Waals surface area contributed by atoms with Crippen LogP contribution in [-0.4, -0.2) is 18.5 Å². The monoisotopic (exact) mass is 170 g/mol. The van der Waals surface area contributed by atoms with Crippen molar-refractivity contribution in [3.63, 3.8) is 0 Å². The minimum atomic E-state index is -0.750. The molecule has 0 aliphatic rings. The summed E-state index contributed by atoms with van der Waals surface area (Å²) in [5.41, 5.74) is -0.00463. The number of rotatable bonds is 2. The number of benzene rings is 1. The SMILES string of the molecule is COc1c(F)cc(O)cc1C=O. The van der Waals surface area contributed by atoms with Gasteiger partial charge < -0.3 is 9.84 Å². The molecule has 0 saturated heterocycles. The van der Waals surface area contributed by atoms with Crippen molar-refractivity contribution >= 4 is 6.29 Å². The van der Waals surface area contributed by atoms with Gasteiger partial charge in [-0.3, -0.25) is 4.79 Å². The lowest BCUT2D eigenvalue weighted by atomic mass is 10.2. The highest BCUT2D eigenvalue weighted by Crippen LogP contribution is 2.25. The first-order chi connectivity index (χ1) is 5.69. The molecule has 1 N–H and O–H groups in total. The molecule has 0 fully saturated rings. The normalized spacial score (nSPS) is 9.50. The Kier molecular flexibility index (Phi) is 2.28. The smallest absolute Gasteiger partial charge is 0.169 e. The van der Waals surface area contributed by atoms with E-state index in [0.29, 0.717) is 6.29 Å². The van der Waals surface area contributed by atoms with E-state index in [2.05, 4.69) is 4.74 Å². The van der Waals surface area contributed by atoms with Gasteiger partial charge >= 0.3 is 0 Å². The Hall–Kier alpha value is -1.58. The van der Waals surface area contributed by atoms with Crippen molar-refractivity contribution in [1.82, 2.24) is 0 Å². The van der Waals surface area contributed by atoms with Gasteiger partial charge in [0.25, 0.3) is 0 Å². The van der Waals surface area contributed by atoms with Crippen LogP contribution in [0.5, 0.6) is 11.5 Å². The molecule has 0 atom stereocenters. The van der Waals surface area contributed by atoms with E-state index in [9.17, 15) is 9.18 Å². The Bertz CT molecular complexity index is 309. The second kappa shape index (κ2) is 3.21. The summed E-state index contributed by atoms with van der Waals surface area (Å²) in [6.45, 7) is 0. The van der Waals surface area contributed by atoms with E-state index in [1.807, 2.05) is 0 Å². The lowest BCUT2D eigenvalue weighted by Crippen LogP contribution is -1.93. The van der Waals surface area contributed by atoms with Crippen LogP contribution in [0.1, 0.15) is 10.4 Å². The number of aldehydes is 1. The maximum atomic E-state index is 12.9. The number of methoxy groups -OCH3 is 1. The lowest BCUT2D eigenvalue weighted by Gasteiger charge is -2.04. The molecule has 1 rings (SSSR count). The van der Waals surface area contributed by atoms with Crippen molar-refractivity contribution in [2.75, 3.05) is 7.11 Å². The number of hydrogen-bond acceptors (Lipinski definition) is 3. The summed E-state index contributed by atoms with van der Waals surface area (Å²) >= 11 is 0. The minimum absolute atomic E-state index is 0.00463. The van der Waals surface area contributed by atoms with Crippen LogP contribution in [0.4, 0.5) is 4.39 Å². The average Bonchev–Trinajstić information content (AvgIpc) is 2.03. The molecule has 0 heterocycles. The quantitative estimate of drug-likeness (QED) is 0.681. The number of ether oxygens (including phenoxy) is 1. The third kappa shape index (κ3) is 1.37. The maximum absolute atomic E-state index is 12.9. The number of carbonyl (C=O) groups excluding carboxylic acids is 1. The molecular weight excluding hydrogens is 163 g/mol. The molecule has 0 aromatic heterocycles. The highest BCUT2D eigenvalue weighted by Gasteiger charge is 2.09. The summed E-state index contributed by atoms with van der Waals surface area (Å²) in [7, 11) is 1.25. The molecule has 0 bridgehead atoms. The molecular formula is C8H7FO3. The summed E-state index contributed by atoms with van der Waals surface area (Å²) in [5.74, 6) is -1.20. The summed E-state index contributed by atoms with van der Waals surface area (Å²) < 4.78 is 17.5. The maximum Gasteiger partial charge on any atom is 0.169 e. The van der Waals surface area contributed by atoms with Crippen molar-refractivity contribution in [3.8, 4) is 11.5 Å². The van der Waals surface area contributed by atoms with E-state index in [0.717, 1.165) is 12.1 Å². The fourth-order valence-electron chi connectivity index (χ4n) is 0.903. The third-order valence-electron chi connectivity index (χ3n) is 1.39. The van der Waals surface area contributed by atoms with Gasteiger partial charge in [0.1, 0.15) is 5.75 Å². The second-order valence-electron chi connectivity index (χ2n) is 2.17. The van der Waals surface area contributed by atoms with Gasteiger partial charge in [0.2, 0.25) is 0 Å². The predicted molar refractivity (Wildman–Crippen MR) is 40.0 cm³/mol. The first kappa shape index (κ1) is 8.52. The van der Waals surface area contributed by atoms with Gasteiger partial charge in [0.05, 0.1) is 12.7 Å². The zero-order valence-electron chi connectivity index (χ0n) is 6.37. The number of aromatic hydroxyl groups is 1. The van der Waals surface area contributed by atoms with Crippen molar-refractivity contribution in [1.29, 1.82) is 0 Å². The van der Waals surface area contributed by atoms with Crippen molar-refractivity contribution in [2.45, 2.75) is 0 Å². The number of halogens is 1. The number of phenolic OH excluding ortho intramolecular Hbond substituents is 1. The molecule has 4 heteroatoms. The molecule has 0 radical (unpaired) electrons. The average molecular weight is 170 g/mol. The van der Waals surface area contributed by atoms with E-state index < -0.39 is 5.82 Å². The summed E-state index contributed by atoms with van der Waals surface area (Å²) in [4.78, 5) is 10.3. The van der Waals surface area contributed by atoms with Crippen molar-refractivity contribution in [2.24, 2.45) is 0 Å². The highest BCUT2D eigenvalue weighted by atomic mass is 19.1. The lowest BCUT2D eigenvalue weighted by molar-refractivity contribution is 0.111. The van der Waals surface area contributed by atoms with E-state index >= 15 is 0 Å². The van der Waals surface area contributed by atoms with Gasteiger partial charge in [0, 0.05) is 6.07 Å². The molecule has 0 aliphatic heterocycles. The summed E-state index contributed by atoms with van der Waals surface area (Å²) in [6.07, 6.45) is 0.418. The fourth-order valence-corrected chi connectivity index (χ4v) is 0.903. The zero-order valence-corrected chi connectivity index (χ0v) is 6.37.